The second-order valence-corrected chi connectivity index (χ2v) is 10.2. The van der Waals surface area contributed by atoms with Crippen molar-refractivity contribution in [3.63, 3.8) is 0 Å². The van der Waals surface area contributed by atoms with Gasteiger partial charge in [-0.3, -0.25) is 4.79 Å². The predicted octanol–water partition coefficient (Wildman–Crippen LogP) is 5.57. The molecule has 0 saturated carbocycles. The average molecular weight is 507 g/mol. The molecule has 2 aromatic carbocycles. The van der Waals surface area contributed by atoms with Crippen LogP contribution in [0.5, 0.6) is 0 Å². The number of carbonyl (C=O) groups is 1. The average Bonchev–Trinajstić information content (AvgIpc) is 2.87. The summed E-state index contributed by atoms with van der Waals surface area (Å²) in [6.07, 6.45) is 0.735. The fourth-order valence-electron chi connectivity index (χ4n) is 4.60. The molecule has 0 bridgehead atoms. The number of piperazine rings is 1. The Hall–Kier alpha value is -2.96. The number of aromatic nitrogens is 2. The molecule has 1 aliphatic rings. The van der Waals surface area contributed by atoms with Gasteiger partial charge in [-0.25, -0.2) is 9.97 Å². The standard InChI is InChI=1S/C29H35ClN4O2/c1-19(2)27-31-26(18-36-5)24(17-22-16-20(3)10-11-21(22)4)28(32-27)33-12-14-34(15-13-33)29(35)23-8-6-7-9-25(23)30/h6-11,16,19H,12-15,17-18H2,1-5H3. The van der Waals surface area contributed by atoms with Crippen molar-refractivity contribution in [2.75, 3.05) is 38.2 Å². The van der Waals surface area contributed by atoms with Gasteiger partial charge in [0.05, 0.1) is 22.9 Å². The maximum Gasteiger partial charge on any atom is 0.255 e. The molecule has 1 aromatic heterocycles. The van der Waals surface area contributed by atoms with Gasteiger partial charge in [-0.2, -0.15) is 0 Å². The van der Waals surface area contributed by atoms with Gasteiger partial charge in [-0.1, -0.05) is 61.3 Å². The molecule has 3 aromatic rings. The van der Waals surface area contributed by atoms with Gasteiger partial charge in [-0.05, 0) is 37.1 Å². The van der Waals surface area contributed by atoms with Gasteiger partial charge >= 0.3 is 0 Å². The van der Waals surface area contributed by atoms with Gasteiger partial charge in [0.1, 0.15) is 11.6 Å². The Balaban J connectivity index is 1.66. The Bertz CT molecular complexity index is 1240. The van der Waals surface area contributed by atoms with Gasteiger partial charge in [0.2, 0.25) is 0 Å². The lowest BCUT2D eigenvalue weighted by Crippen LogP contribution is -2.49. The van der Waals surface area contributed by atoms with E-state index in [9.17, 15) is 4.79 Å². The second-order valence-electron chi connectivity index (χ2n) is 9.78. The summed E-state index contributed by atoms with van der Waals surface area (Å²) in [5, 5.41) is 0.488. The molecule has 7 heteroatoms. The molecule has 36 heavy (non-hydrogen) atoms. The Labute approximate surface area is 219 Å². The van der Waals surface area contributed by atoms with Crippen LogP contribution in [0.25, 0.3) is 0 Å². The van der Waals surface area contributed by atoms with E-state index in [1.807, 2.05) is 17.0 Å². The predicted molar refractivity (Wildman–Crippen MR) is 145 cm³/mol. The van der Waals surface area contributed by atoms with Crippen molar-refractivity contribution in [1.29, 1.82) is 0 Å². The van der Waals surface area contributed by atoms with Crippen molar-refractivity contribution in [2.45, 2.75) is 46.6 Å². The van der Waals surface area contributed by atoms with E-state index in [-0.39, 0.29) is 11.8 Å². The van der Waals surface area contributed by atoms with Crippen LogP contribution >= 0.6 is 11.6 Å². The van der Waals surface area contributed by atoms with Crippen molar-refractivity contribution in [1.82, 2.24) is 14.9 Å². The number of rotatable bonds is 7. The van der Waals surface area contributed by atoms with Crippen molar-refractivity contribution in [2.24, 2.45) is 0 Å². The van der Waals surface area contributed by atoms with Gasteiger partial charge < -0.3 is 14.5 Å². The van der Waals surface area contributed by atoms with Crippen molar-refractivity contribution in [3.05, 3.63) is 86.8 Å². The number of amides is 1. The molecule has 0 N–H and O–H groups in total. The number of nitrogens with zero attached hydrogens (tertiary/aromatic N) is 4. The fraction of sp³-hybridized carbons (Fsp3) is 0.414. The van der Waals surface area contributed by atoms with E-state index in [2.05, 4.69) is 50.8 Å². The largest absolute Gasteiger partial charge is 0.378 e. The van der Waals surface area contributed by atoms with E-state index in [1.54, 1.807) is 19.2 Å². The van der Waals surface area contributed by atoms with Crippen molar-refractivity contribution >= 4 is 23.3 Å². The lowest BCUT2D eigenvalue weighted by Gasteiger charge is -2.37. The van der Waals surface area contributed by atoms with Crippen LogP contribution < -0.4 is 4.90 Å². The highest BCUT2D eigenvalue weighted by molar-refractivity contribution is 6.33. The normalized spacial score (nSPS) is 14.0. The molecular formula is C29H35ClN4O2. The molecule has 0 unspecified atom stereocenters. The zero-order chi connectivity index (χ0) is 25.8. The Kier molecular flexibility index (Phi) is 8.27. The molecule has 1 amide bonds. The third kappa shape index (κ3) is 5.71. The minimum atomic E-state index is -0.0264. The topological polar surface area (TPSA) is 58.6 Å². The van der Waals surface area contributed by atoms with Crippen LogP contribution in [0.3, 0.4) is 0 Å². The first-order valence-electron chi connectivity index (χ1n) is 12.5. The highest BCUT2D eigenvalue weighted by Gasteiger charge is 2.27. The maximum absolute atomic E-state index is 13.1. The van der Waals surface area contributed by atoms with Crippen LogP contribution in [-0.4, -0.2) is 54.1 Å². The highest BCUT2D eigenvalue weighted by atomic mass is 35.5. The van der Waals surface area contributed by atoms with E-state index in [0.717, 1.165) is 29.3 Å². The molecule has 1 fully saturated rings. The van der Waals surface area contributed by atoms with E-state index in [0.29, 0.717) is 43.4 Å². The molecule has 0 spiro atoms. The molecule has 1 aliphatic heterocycles. The smallest absolute Gasteiger partial charge is 0.255 e. The number of halogens is 1. The number of hydrogen-bond donors (Lipinski definition) is 0. The molecule has 4 rings (SSSR count). The molecule has 1 saturated heterocycles. The number of hydrogen-bond acceptors (Lipinski definition) is 5. The quantitative estimate of drug-likeness (QED) is 0.419. The van der Waals surface area contributed by atoms with Crippen LogP contribution in [0, 0.1) is 13.8 Å². The summed E-state index contributed by atoms with van der Waals surface area (Å²) in [6.45, 7) is 11.5. The Morgan fingerprint density at radius 3 is 2.44 bits per heavy atom. The Morgan fingerprint density at radius 1 is 1.06 bits per heavy atom. The third-order valence-corrected chi connectivity index (χ3v) is 7.06. The second kappa shape index (κ2) is 11.4. The summed E-state index contributed by atoms with van der Waals surface area (Å²) in [6, 6.07) is 13.8. The molecule has 0 atom stereocenters. The number of methoxy groups -OCH3 is 1. The number of carbonyl (C=O) groups excluding carboxylic acids is 1. The fourth-order valence-corrected chi connectivity index (χ4v) is 4.82. The summed E-state index contributed by atoms with van der Waals surface area (Å²) in [5.74, 6) is 1.93. The molecular weight excluding hydrogens is 472 g/mol. The lowest BCUT2D eigenvalue weighted by molar-refractivity contribution is 0.0746. The van der Waals surface area contributed by atoms with Gasteiger partial charge in [-0.15, -0.1) is 0 Å². The number of ether oxygens (including phenoxy) is 1. The van der Waals surface area contributed by atoms with E-state index < -0.39 is 0 Å². The minimum absolute atomic E-state index is 0.0264. The van der Waals surface area contributed by atoms with E-state index in [4.69, 9.17) is 26.3 Å². The Morgan fingerprint density at radius 2 is 1.78 bits per heavy atom. The zero-order valence-corrected chi connectivity index (χ0v) is 22.6. The zero-order valence-electron chi connectivity index (χ0n) is 21.8. The summed E-state index contributed by atoms with van der Waals surface area (Å²) in [7, 11) is 1.71. The summed E-state index contributed by atoms with van der Waals surface area (Å²) >= 11 is 6.29. The molecule has 190 valence electrons. The number of aryl methyl sites for hydroxylation is 2. The van der Waals surface area contributed by atoms with Gasteiger partial charge in [0, 0.05) is 51.2 Å². The van der Waals surface area contributed by atoms with E-state index in [1.165, 1.54) is 16.7 Å². The van der Waals surface area contributed by atoms with Gasteiger partial charge in [0.15, 0.2) is 0 Å². The van der Waals surface area contributed by atoms with Gasteiger partial charge in [0.25, 0.3) is 5.91 Å². The van der Waals surface area contributed by atoms with Crippen molar-refractivity contribution in [3.8, 4) is 0 Å². The van der Waals surface area contributed by atoms with Crippen LogP contribution in [0.15, 0.2) is 42.5 Å². The van der Waals surface area contributed by atoms with E-state index >= 15 is 0 Å². The first kappa shape index (κ1) is 26.1. The van der Waals surface area contributed by atoms with Crippen LogP contribution in [0.4, 0.5) is 5.82 Å². The summed E-state index contributed by atoms with van der Waals surface area (Å²) in [5.41, 5.74) is 6.33. The van der Waals surface area contributed by atoms with Crippen LogP contribution in [-0.2, 0) is 17.8 Å². The molecule has 0 radical (unpaired) electrons. The van der Waals surface area contributed by atoms with Crippen LogP contribution in [0.1, 0.15) is 63.9 Å². The minimum Gasteiger partial charge on any atom is -0.378 e. The first-order valence-corrected chi connectivity index (χ1v) is 12.9. The molecule has 6 nitrogen and oxygen atoms in total. The first-order chi connectivity index (χ1) is 17.3. The molecule has 2 heterocycles. The maximum atomic E-state index is 13.1. The van der Waals surface area contributed by atoms with Crippen LogP contribution in [0.2, 0.25) is 5.02 Å². The lowest BCUT2D eigenvalue weighted by atomic mass is 9.97. The number of anilines is 1. The monoisotopic (exact) mass is 506 g/mol. The summed E-state index contributed by atoms with van der Waals surface area (Å²) < 4.78 is 5.57. The SMILES string of the molecule is COCc1nc(C(C)C)nc(N2CCN(C(=O)c3ccccc3Cl)CC2)c1Cc1cc(C)ccc1C. The summed E-state index contributed by atoms with van der Waals surface area (Å²) in [4.78, 5) is 27.3. The third-order valence-electron chi connectivity index (χ3n) is 6.73. The number of benzene rings is 2. The van der Waals surface area contributed by atoms with Crippen molar-refractivity contribution < 1.29 is 9.53 Å². The highest BCUT2D eigenvalue weighted by Crippen LogP contribution is 2.29. The molecule has 0 aliphatic carbocycles.